The van der Waals surface area contributed by atoms with Crippen LogP contribution >= 0.6 is 22.9 Å². The molecule has 2 amide bonds. The maximum absolute atomic E-state index is 11.9. The summed E-state index contributed by atoms with van der Waals surface area (Å²) >= 11 is 7.08. The first-order valence-corrected chi connectivity index (χ1v) is 7.66. The van der Waals surface area contributed by atoms with Crippen LogP contribution in [0.15, 0.2) is 12.1 Å². The second kappa shape index (κ2) is 6.95. The number of carbonyl (C=O) groups excluding carboxylic acids is 2. The Morgan fingerprint density at radius 2 is 2.15 bits per heavy atom. The monoisotopic (exact) mass is 316 g/mol. The summed E-state index contributed by atoms with van der Waals surface area (Å²) in [5.41, 5.74) is 0. The lowest BCUT2D eigenvalue weighted by molar-refractivity contribution is 0.0917. The van der Waals surface area contributed by atoms with Gasteiger partial charge in [0.1, 0.15) is 0 Å². The summed E-state index contributed by atoms with van der Waals surface area (Å²) in [6.45, 7) is 1.99. The number of likely N-dealkylation sites (tertiary alicyclic amines) is 1. The van der Waals surface area contributed by atoms with E-state index >= 15 is 0 Å². The Morgan fingerprint density at radius 3 is 2.70 bits per heavy atom. The number of halogens is 1. The number of methoxy groups -OCH3 is 1. The lowest BCUT2D eigenvalue weighted by Gasteiger charge is -2.30. The summed E-state index contributed by atoms with van der Waals surface area (Å²) < 4.78 is 5.30. The summed E-state index contributed by atoms with van der Waals surface area (Å²) in [5, 5.41) is 2.92. The van der Waals surface area contributed by atoms with E-state index in [1.807, 2.05) is 0 Å². The van der Waals surface area contributed by atoms with Crippen molar-refractivity contribution in [2.45, 2.75) is 12.8 Å². The lowest BCUT2D eigenvalue weighted by atomic mass is 9.97. The van der Waals surface area contributed by atoms with Crippen molar-refractivity contribution < 1.29 is 14.3 Å². The van der Waals surface area contributed by atoms with Crippen LogP contribution in [-0.4, -0.2) is 43.6 Å². The average molecular weight is 317 g/mol. The Labute approximate surface area is 126 Å². The molecule has 0 bridgehead atoms. The van der Waals surface area contributed by atoms with Gasteiger partial charge < -0.3 is 15.0 Å². The number of rotatable bonds is 3. The van der Waals surface area contributed by atoms with Gasteiger partial charge in [0.05, 0.1) is 16.3 Å². The molecule has 0 atom stereocenters. The molecule has 0 saturated carbocycles. The van der Waals surface area contributed by atoms with Gasteiger partial charge in [0.15, 0.2) is 0 Å². The molecule has 2 heterocycles. The maximum Gasteiger partial charge on any atom is 0.409 e. The first-order valence-electron chi connectivity index (χ1n) is 6.46. The van der Waals surface area contributed by atoms with Crippen molar-refractivity contribution in [1.29, 1.82) is 0 Å². The fraction of sp³-hybridized carbons (Fsp3) is 0.538. The van der Waals surface area contributed by atoms with E-state index in [9.17, 15) is 9.59 Å². The molecule has 1 fully saturated rings. The van der Waals surface area contributed by atoms with Crippen molar-refractivity contribution in [3.8, 4) is 0 Å². The number of amides is 2. The highest BCUT2D eigenvalue weighted by Gasteiger charge is 2.23. The standard InChI is InChI=1S/C13H17ClN2O3S/c1-19-13(18)16-6-4-9(5-7-16)8-15-12(17)10-2-3-11(14)20-10/h2-3,9H,4-8H2,1H3,(H,15,17). The molecule has 0 aromatic carbocycles. The number of hydrogen-bond donors (Lipinski definition) is 1. The van der Waals surface area contributed by atoms with E-state index in [0.29, 0.717) is 34.8 Å². The van der Waals surface area contributed by atoms with Gasteiger partial charge in [-0.25, -0.2) is 4.79 Å². The van der Waals surface area contributed by atoms with Gasteiger partial charge in [0.25, 0.3) is 5.91 Å². The van der Waals surface area contributed by atoms with E-state index in [4.69, 9.17) is 11.6 Å². The fourth-order valence-electron chi connectivity index (χ4n) is 2.21. The Kier molecular flexibility index (Phi) is 5.25. The van der Waals surface area contributed by atoms with Gasteiger partial charge in [-0.1, -0.05) is 11.6 Å². The van der Waals surface area contributed by atoms with E-state index in [0.717, 1.165) is 12.8 Å². The average Bonchev–Trinajstić information content (AvgIpc) is 2.91. The molecule has 7 heteroatoms. The molecule has 5 nitrogen and oxygen atoms in total. The van der Waals surface area contributed by atoms with Crippen molar-refractivity contribution in [3.63, 3.8) is 0 Å². The molecule has 1 aliphatic rings. The minimum Gasteiger partial charge on any atom is -0.453 e. The molecule has 1 aromatic heterocycles. The van der Waals surface area contributed by atoms with E-state index in [1.165, 1.54) is 18.4 Å². The molecule has 0 aliphatic carbocycles. The zero-order chi connectivity index (χ0) is 14.5. The van der Waals surface area contributed by atoms with Gasteiger partial charge in [-0.15, -0.1) is 11.3 Å². The highest BCUT2D eigenvalue weighted by Crippen LogP contribution is 2.22. The quantitative estimate of drug-likeness (QED) is 0.932. The van der Waals surface area contributed by atoms with Gasteiger partial charge in [-0.3, -0.25) is 4.79 Å². The zero-order valence-corrected chi connectivity index (χ0v) is 12.8. The van der Waals surface area contributed by atoms with Crippen molar-refractivity contribution in [2.24, 2.45) is 5.92 Å². The third-order valence-electron chi connectivity index (χ3n) is 3.40. The van der Waals surface area contributed by atoms with Crippen LogP contribution in [0.2, 0.25) is 4.34 Å². The molecule has 2 rings (SSSR count). The molecule has 1 aromatic rings. The van der Waals surface area contributed by atoms with Gasteiger partial charge in [-0.05, 0) is 30.9 Å². The van der Waals surface area contributed by atoms with Crippen LogP contribution in [0.5, 0.6) is 0 Å². The molecule has 1 N–H and O–H groups in total. The Hall–Kier alpha value is -1.27. The predicted molar refractivity (Wildman–Crippen MR) is 78.4 cm³/mol. The molecule has 0 unspecified atom stereocenters. The fourth-order valence-corrected chi connectivity index (χ4v) is 3.17. The van der Waals surface area contributed by atoms with Crippen LogP contribution in [-0.2, 0) is 4.74 Å². The zero-order valence-electron chi connectivity index (χ0n) is 11.2. The van der Waals surface area contributed by atoms with Gasteiger partial charge in [0, 0.05) is 19.6 Å². The van der Waals surface area contributed by atoms with Crippen molar-refractivity contribution in [1.82, 2.24) is 10.2 Å². The first kappa shape index (κ1) is 15.1. The van der Waals surface area contributed by atoms with Crippen molar-refractivity contribution in [2.75, 3.05) is 26.7 Å². The number of thiophene rings is 1. The molecular formula is C13H17ClN2O3S. The highest BCUT2D eigenvalue weighted by molar-refractivity contribution is 7.17. The summed E-state index contributed by atoms with van der Waals surface area (Å²) in [6, 6.07) is 3.44. The number of nitrogens with zero attached hydrogens (tertiary/aromatic N) is 1. The first-order chi connectivity index (χ1) is 9.60. The van der Waals surface area contributed by atoms with Crippen LogP contribution in [0.1, 0.15) is 22.5 Å². The SMILES string of the molecule is COC(=O)N1CCC(CNC(=O)c2ccc(Cl)s2)CC1. The Morgan fingerprint density at radius 1 is 1.45 bits per heavy atom. The van der Waals surface area contributed by atoms with Crippen LogP contribution in [0.4, 0.5) is 4.79 Å². The smallest absolute Gasteiger partial charge is 0.409 e. The second-order valence-electron chi connectivity index (χ2n) is 4.71. The summed E-state index contributed by atoms with van der Waals surface area (Å²) in [6.07, 6.45) is 1.47. The highest BCUT2D eigenvalue weighted by atomic mass is 35.5. The van der Waals surface area contributed by atoms with E-state index in [2.05, 4.69) is 10.1 Å². The molecule has 1 aliphatic heterocycles. The van der Waals surface area contributed by atoms with Crippen LogP contribution in [0.3, 0.4) is 0 Å². The van der Waals surface area contributed by atoms with Gasteiger partial charge in [-0.2, -0.15) is 0 Å². The predicted octanol–water partition coefficient (Wildman–Crippen LogP) is 2.61. The van der Waals surface area contributed by atoms with Crippen LogP contribution < -0.4 is 5.32 Å². The maximum atomic E-state index is 11.9. The van der Waals surface area contributed by atoms with Crippen LogP contribution in [0, 0.1) is 5.92 Å². The number of piperidine rings is 1. The number of hydrogen-bond acceptors (Lipinski definition) is 4. The Bertz CT molecular complexity index is 484. The minimum absolute atomic E-state index is 0.0858. The minimum atomic E-state index is -0.277. The van der Waals surface area contributed by atoms with Crippen LogP contribution in [0.25, 0.3) is 0 Å². The summed E-state index contributed by atoms with van der Waals surface area (Å²) in [7, 11) is 1.39. The second-order valence-corrected chi connectivity index (χ2v) is 6.43. The lowest BCUT2D eigenvalue weighted by Crippen LogP contribution is -2.41. The van der Waals surface area contributed by atoms with Gasteiger partial charge >= 0.3 is 6.09 Å². The topological polar surface area (TPSA) is 58.6 Å². The number of carbonyl (C=O) groups is 2. The molecule has 0 spiro atoms. The summed E-state index contributed by atoms with van der Waals surface area (Å²) in [5.74, 6) is 0.313. The van der Waals surface area contributed by atoms with Crippen molar-refractivity contribution in [3.05, 3.63) is 21.3 Å². The molecule has 1 saturated heterocycles. The largest absolute Gasteiger partial charge is 0.453 e. The Balaban J connectivity index is 1.73. The van der Waals surface area contributed by atoms with Gasteiger partial charge in [0.2, 0.25) is 0 Å². The van der Waals surface area contributed by atoms with E-state index in [1.54, 1.807) is 17.0 Å². The van der Waals surface area contributed by atoms with Crippen molar-refractivity contribution >= 4 is 34.9 Å². The molecule has 110 valence electrons. The van der Waals surface area contributed by atoms with E-state index in [-0.39, 0.29) is 12.0 Å². The third kappa shape index (κ3) is 3.86. The molecule has 0 radical (unpaired) electrons. The third-order valence-corrected chi connectivity index (χ3v) is 4.63. The molecule has 20 heavy (non-hydrogen) atoms. The summed E-state index contributed by atoms with van der Waals surface area (Å²) in [4.78, 5) is 25.5. The normalized spacial score (nSPS) is 16.0. The number of ether oxygens (including phenoxy) is 1. The number of nitrogens with one attached hydrogen (secondary N) is 1. The van der Waals surface area contributed by atoms with E-state index < -0.39 is 0 Å². The molecular weight excluding hydrogens is 300 g/mol.